The Bertz CT molecular complexity index is 186. The number of alkyl halides is 2. The van der Waals surface area contributed by atoms with E-state index in [1.54, 1.807) is 24.3 Å². The monoisotopic (exact) mass is 175 g/mol. The lowest BCUT2D eigenvalue weighted by atomic mass is 10.3. The zero-order chi connectivity index (χ0) is 7.40. The van der Waals surface area contributed by atoms with E-state index >= 15 is 0 Å². The van der Waals surface area contributed by atoms with E-state index in [0.717, 1.165) is 0 Å². The number of hydrogen-bond acceptors (Lipinski definition) is 1. The normalized spacial score (nSPS) is 9.90. The SMILES string of the molecule is ClC(Cl)Oc1cc[c]cc1. The molecule has 53 valence electrons. The number of ether oxygens (including phenoxy) is 1. The Balaban J connectivity index is 2.59. The van der Waals surface area contributed by atoms with E-state index in [4.69, 9.17) is 27.9 Å². The van der Waals surface area contributed by atoms with Crippen LogP contribution in [0.5, 0.6) is 5.75 Å². The van der Waals surface area contributed by atoms with E-state index in [9.17, 15) is 0 Å². The van der Waals surface area contributed by atoms with Crippen LogP contribution in [0.4, 0.5) is 0 Å². The first-order valence-corrected chi connectivity index (χ1v) is 3.57. The fraction of sp³-hybridized carbons (Fsp3) is 0.143. The van der Waals surface area contributed by atoms with Crippen molar-refractivity contribution in [1.82, 2.24) is 0 Å². The molecule has 0 aliphatic heterocycles. The Morgan fingerprint density at radius 3 is 2.40 bits per heavy atom. The largest absolute Gasteiger partial charge is 0.461 e. The molecule has 0 N–H and O–H groups in total. The molecule has 0 aromatic heterocycles. The average molecular weight is 176 g/mol. The molecule has 1 aromatic carbocycles. The van der Waals surface area contributed by atoms with Crippen LogP contribution in [-0.4, -0.2) is 5.02 Å². The lowest BCUT2D eigenvalue weighted by Gasteiger charge is -2.03. The smallest absolute Gasteiger partial charge is 0.247 e. The van der Waals surface area contributed by atoms with Gasteiger partial charge in [0.05, 0.1) is 0 Å². The summed E-state index contributed by atoms with van der Waals surface area (Å²) in [7, 11) is 0. The Hall–Kier alpha value is -0.400. The topological polar surface area (TPSA) is 9.23 Å². The summed E-state index contributed by atoms with van der Waals surface area (Å²) >= 11 is 10.7. The Labute approximate surface area is 69.5 Å². The third kappa shape index (κ3) is 2.46. The van der Waals surface area contributed by atoms with Gasteiger partial charge in [0.2, 0.25) is 5.02 Å². The first-order valence-electron chi connectivity index (χ1n) is 2.70. The minimum Gasteiger partial charge on any atom is -0.461 e. The van der Waals surface area contributed by atoms with Gasteiger partial charge in [0.1, 0.15) is 5.75 Å². The summed E-state index contributed by atoms with van der Waals surface area (Å²) in [6.45, 7) is 0. The Morgan fingerprint density at radius 1 is 1.30 bits per heavy atom. The third-order valence-electron chi connectivity index (χ3n) is 0.913. The van der Waals surface area contributed by atoms with Crippen molar-refractivity contribution in [3.63, 3.8) is 0 Å². The first-order chi connectivity index (χ1) is 4.79. The molecule has 0 saturated carbocycles. The van der Waals surface area contributed by atoms with Gasteiger partial charge in [-0.25, -0.2) is 0 Å². The third-order valence-corrected chi connectivity index (χ3v) is 1.09. The number of benzene rings is 1. The standard InChI is InChI=1S/C7H5Cl2O/c8-7(9)10-6-4-2-1-3-5-6/h2-5,7H. The maximum Gasteiger partial charge on any atom is 0.247 e. The molecular weight excluding hydrogens is 171 g/mol. The summed E-state index contributed by atoms with van der Waals surface area (Å²) in [5.74, 6) is 0.647. The fourth-order valence-electron chi connectivity index (χ4n) is 0.553. The zero-order valence-corrected chi connectivity index (χ0v) is 6.56. The van der Waals surface area contributed by atoms with E-state index < -0.39 is 5.02 Å². The summed E-state index contributed by atoms with van der Waals surface area (Å²) < 4.78 is 4.93. The molecule has 1 aromatic rings. The molecule has 0 unspecified atom stereocenters. The van der Waals surface area contributed by atoms with Crippen molar-refractivity contribution in [2.24, 2.45) is 0 Å². The zero-order valence-electron chi connectivity index (χ0n) is 5.05. The van der Waals surface area contributed by atoms with Gasteiger partial charge in [-0.1, -0.05) is 35.3 Å². The van der Waals surface area contributed by atoms with Gasteiger partial charge in [0.15, 0.2) is 0 Å². The molecule has 1 rings (SSSR count). The van der Waals surface area contributed by atoms with Gasteiger partial charge in [0.25, 0.3) is 0 Å². The van der Waals surface area contributed by atoms with Crippen molar-refractivity contribution >= 4 is 23.2 Å². The predicted octanol–water partition coefficient (Wildman–Crippen LogP) is 2.63. The highest BCUT2D eigenvalue weighted by Crippen LogP contribution is 2.13. The van der Waals surface area contributed by atoms with Gasteiger partial charge in [-0.3, -0.25) is 0 Å². The van der Waals surface area contributed by atoms with Gasteiger partial charge in [-0.05, 0) is 18.2 Å². The van der Waals surface area contributed by atoms with Crippen LogP contribution in [0.25, 0.3) is 0 Å². The second kappa shape index (κ2) is 3.69. The first kappa shape index (κ1) is 7.70. The molecule has 3 heteroatoms. The van der Waals surface area contributed by atoms with Gasteiger partial charge < -0.3 is 4.74 Å². The van der Waals surface area contributed by atoms with Crippen LogP contribution >= 0.6 is 23.2 Å². The highest BCUT2D eigenvalue weighted by atomic mass is 35.5. The molecule has 10 heavy (non-hydrogen) atoms. The van der Waals surface area contributed by atoms with Gasteiger partial charge >= 0.3 is 0 Å². The van der Waals surface area contributed by atoms with Crippen LogP contribution in [0.1, 0.15) is 0 Å². The summed E-state index contributed by atoms with van der Waals surface area (Å²) in [6, 6.07) is 9.76. The van der Waals surface area contributed by atoms with Crippen LogP contribution in [0.2, 0.25) is 0 Å². The summed E-state index contributed by atoms with van der Waals surface area (Å²) in [6.07, 6.45) is 0. The van der Waals surface area contributed by atoms with Crippen LogP contribution in [0, 0.1) is 6.07 Å². The molecule has 0 amide bonds. The highest BCUT2D eigenvalue weighted by molar-refractivity contribution is 6.43. The Morgan fingerprint density at radius 2 is 1.90 bits per heavy atom. The van der Waals surface area contributed by atoms with E-state index in [0.29, 0.717) is 5.75 Å². The molecule has 0 aliphatic rings. The molecule has 0 heterocycles. The molecule has 0 atom stereocenters. The minimum absolute atomic E-state index is 0.647. The van der Waals surface area contributed by atoms with E-state index in [2.05, 4.69) is 6.07 Å². The van der Waals surface area contributed by atoms with Crippen LogP contribution in [-0.2, 0) is 0 Å². The molecule has 0 fully saturated rings. The summed E-state index contributed by atoms with van der Waals surface area (Å²) in [5, 5.41) is -0.803. The molecular formula is C7H5Cl2O. The second-order valence-electron chi connectivity index (χ2n) is 1.61. The van der Waals surface area contributed by atoms with E-state index in [1.165, 1.54) is 0 Å². The molecule has 0 saturated heterocycles. The lowest BCUT2D eigenvalue weighted by molar-refractivity contribution is 0.354. The summed E-state index contributed by atoms with van der Waals surface area (Å²) in [5.41, 5.74) is 0. The minimum atomic E-state index is -0.803. The summed E-state index contributed by atoms with van der Waals surface area (Å²) in [4.78, 5) is 0. The number of halogens is 2. The average Bonchev–Trinajstić information content (AvgIpc) is 1.88. The molecule has 0 bridgehead atoms. The number of rotatable bonds is 2. The fourth-order valence-corrected chi connectivity index (χ4v) is 0.759. The van der Waals surface area contributed by atoms with Gasteiger partial charge in [-0.15, -0.1) is 0 Å². The maximum atomic E-state index is 5.35. The van der Waals surface area contributed by atoms with Gasteiger partial charge in [0, 0.05) is 0 Å². The van der Waals surface area contributed by atoms with Crippen molar-refractivity contribution in [2.75, 3.05) is 0 Å². The van der Waals surface area contributed by atoms with Crippen LogP contribution in [0.3, 0.4) is 0 Å². The molecule has 0 spiro atoms. The Kier molecular flexibility index (Phi) is 2.84. The number of hydrogen-bond donors (Lipinski definition) is 0. The lowest BCUT2D eigenvalue weighted by Crippen LogP contribution is -1.98. The molecule has 0 aliphatic carbocycles. The van der Waals surface area contributed by atoms with Crippen molar-refractivity contribution < 1.29 is 4.74 Å². The van der Waals surface area contributed by atoms with Crippen molar-refractivity contribution in [1.29, 1.82) is 0 Å². The van der Waals surface area contributed by atoms with Crippen LogP contribution < -0.4 is 4.74 Å². The van der Waals surface area contributed by atoms with E-state index in [1.807, 2.05) is 0 Å². The molecule has 1 nitrogen and oxygen atoms in total. The van der Waals surface area contributed by atoms with E-state index in [-0.39, 0.29) is 0 Å². The highest BCUT2D eigenvalue weighted by Gasteiger charge is 1.97. The second-order valence-corrected chi connectivity index (χ2v) is 2.63. The quantitative estimate of drug-likeness (QED) is 0.629. The maximum absolute atomic E-state index is 5.35. The predicted molar refractivity (Wildman–Crippen MR) is 41.4 cm³/mol. The van der Waals surface area contributed by atoms with Crippen molar-refractivity contribution in [3.05, 3.63) is 30.3 Å². The van der Waals surface area contributed by atoms with Crippen molar-refractivity contribution in [3.8, 4) is 5.75 Å². The van der Waals surface area contributed by atoms with Gasteiger partial charge in [-0.2, -0.15) is 0 Å². The molecule has 1 radical (unpaired) electrons. The van der Waals surface area contributed by atoms with Crippen LogP contribution in [0.15, 0.2) is 24.3 Å². The van der Waals surface area contributed by atoms with Crippen molar-refractivity contribution in [2.45, 2.75) is 5.02 Å².